The summed E-state index contributed by atoms with van der Waals surface area (Å²) < 4.78 is 0. The Morgan fingerprint density at radius 1 is 1.50 bits per heavy atom. The summed E-state index contributed by atoms with van der Waals surface area (Å²) in [6.07, 6.45) is 2.22. The van der Waals surface area contributed by atoms with Gasteiger partial charge in [-0.15, -0.1) is 11.3 Å². The van der Waals surface area contributed by atoms with Crippen LogP contribution in [0.5, 0.6) is 0 Å². The number of hydrogen-bond donors (Lipinski definition) is 2. The highest BCUT2D eigenvalue weighted by atomic mass is 32.1. The highest BCUT2D eigenvalue weighted by molar-refractivity contribution is 7.09. The van der Waals surface area contributed by atoms with Gasteiger partial charge in [0.1, 0.15) is 0 Å². The normalized spacial score (nSPS) is 13.5. The van der Waals surface area contributed by atoms with Crippen molar-refractivity contribution in [1.29, 1.82) is 0 Å². The van der Waals surface area contributed by atoms with Crippen molar-refractivity contribution in [3.8, 4) is 0 Å². The lowest BCUT2D eigenvalue weighted by atomic mass is 10.0. The molecule has 0 bridgehead atoms. The lowest BCUT2D eigenvalue weighted by Crippen LogP contribution is -2.28. The molecule has 0 saturated heterocycles. The van der Waals surface area contributed by atoms with Gasteiger partial charge in [-0.25, -0.2) is 4.98 Å². The molecular weight excluding hydrogens is 194 g/mol. The molecule has 0 amide bonds. The van der Waals surface area contributed by atoms with Crippen molar-refractivity contribution in [1.82, 2.24) is 10.4 Å². The second kappa shape index (κ2) is 5.44. The van der Waals surface area contributed by atoms with Gasteiger partial charge < -0.3 is 0 Å². The highest BCUT2D eigenvalue weighted by Crippen LogP contribution is 2.21. The fourth-order valence-corrected chi connectivity index (χ4v) is 2.02. The van der Waals surface area contributed by atoms with Crippen molar-refractivity contribution < 1.29 is 0 Å². The van der Waals surface area contributed by atoms with Crippen LogP contribution in [0.1, 0.15) is 43.4 Å². The molecule has 80 valence electrons. The van der Waals surface area contributed by atoms with E-state index in [2.05, 4.69) is 29.6 Å². The largest absolute Gasteiger partial charge is 0.271 e. The first-order valence-corrected chi connectivity index (χ1v) is 5.89. The zero-order chi connectivity index (χ0) is 10.6. The predicted octanol–water partition coefficient (Wildman–Crippen LogP) is 2.39. The second-order valence-corrected chi connectivity index (χ2v) is 5.04. The minimum Gasteiger partial charge on any atom is -0.271 e. The fraction of sp³-hybridized carbons (Fsp3) is 0.700. The van der Waals surface area contributed by atoms with Crippen molar-refractivity contribution in [2.45, 2.75) is 39.7 Å². The topological polar surface area (TPSA) is 50.9 Å². The Hall–Kier alpha value is -0.450. The van der Waals surface area contributed by atoms with Crippen molar-refractivity contribution in [2.24, 2.45) is 11.8 Å². The molecule has 4 heteroatoms. The van der Waals surface area contributed by atoms with E-state index in [1.165, 1.54) is 6.42 Å². The first-order valence-electron chi connectivity index (χ1n) is 5.01. The van der Waals surface area contributed by atoms with Gasteiger partial charge in [-0.1, -0.05) is 13.8 Å². The van der Waals surface area contributed by atoms with Crippen LogP contribution in [0.15, 0.2) is 5.38 Å². The monoisotopic (exact) mass is 213 g/mol. The molecule has 0 fully saturated rings. The summed E-state index contributed by atoms with van der Waals surface area (Å²) in [4.78, 5) is 4.44. The Labute approximate surface area is 89.7 Å². The van der Waals surface area contributed by atoms with Crippen LogP contribution in [0.25, 0.3) is 0 Å². The number of aryl methyl sites for hydroxylation is 1. The number of rotatable bonds is 5. The minimum atomic E-state index is 0.211. The number of hydrogen-bond acceptors (Lipinski definition) is 4. The molecule has 1 aromatic rings. The molecule has 3 nitrogen and oxygen atoms in total. The molecular formula is C10H19N3S. The van der Waals surface area contributed by atoms with E-state index in [1.54, 1.807) is 11.3 Å². The molecule has 1 unspecified atom stereocenters. The summed E-state index contributed by atoms with van der Waals surface area (Å²) >= 11 is 1.68. The number of nitrogens with one attached hydrogen (secondary N) is 1. The lowest BCUT2D eigenvalue weighted by Gasteiger charge is -2.14. The van der Waals surface area contributed by atoms with Crippen molar-refractivity contribution in [3.63, 3.8) is 0 Å². The second-order valence-electron chi connectivity index (χ2n) is 3.98. The standard InChI is InChI=1S/C10H19N3S/c1-7(2)4-5-9(13-11)10-6-14-8(3)12-10/h6-7,9,13H,4-5,11H2,1-3H3. The van der Waals surface area contributed by atoms with Crippen molar-refractivity contribution >= 4 is 11.3 Å². The molecule has 0 aromatic carbocycles. The molecule has 0 aliphatic heterocycles. The van der Waals surface area contributed by atoms with E-state index >= 15 is 0 Å². The average molecular weight is 213 g/mol. The third-order valence-corrected chi connectivity index (χ3v) is 3.02. The van der Waals surface area contributed by atoms with Crippen molar-refractivity contribution in [2.75, 3.05) is 0 Å². The summed E-state index contributed by atoms with van der Waals surface area (Å²) in [5, 5.41) is 3.19. The van der Waals surface area contributed by atoms with E-state index in [-0.39, 0.29) is 6.04 Å². The zero-order valence-electron chi connectivity index (χ0n) is 9.08. The fourth-order valence-electron chi connectivity index (χ4n) is 1.36. The highest BCUT2D eigenvalue weighted by Gasteiger charge is 2.12. The molecule has 1 heterocycles. The maximum absolute atomic E-state index is 5.51. The summed E-state index contributed by atoms with van der Waals surface area (Å²) in [5.74, 6) is 6.23. The van der Waals surface area contributed by atoms with Gasteiger partial charge in [0.15, 0.2) is 0 Å². The molecule has 0 saturated carbocycles. The van der Waals surface area contributed by atoms with Crippen LogP contribution >= 0.6 is 11.3 Å². The molecule has 1 rings (SSSR count). The van der Waals surface area contributed by atoms with Gasteiger partial charge in [-0.3, -0.25) is 11.3 Å². The number of thiazole rings is 1. The van der Waals surface area contributed by atoms with Crippen LogP contribution in [-0.4, -0.2) is 4.98 Å². The number of nitrogens with two attached hydrogens (primary N) is 1. The summed E-state index contributed by atoms with van der Waals surface area (Å²) in [7, 11) is 0. The number of aromatic nitrogens is 1. The van der Waals surface area contributed by atoms with Crippen LogP contribution in [0.3, 0.4) is 0 Å². The van der Waals surface area contributed by atoms with E-state index < -0.39 is 0 Å². The Balaban J connectivity index is 2.54. The summed E-state index contributed by atoms with van der Waals surface area (Å²) in [6.45, 7) is 6.46. The average Bonchev–Trinajstić information content (AvgIpc) is 2.53. The third-order valence-electron chi connectivity index (χ3n) is 2.23. The quantitative estimate of drug-likeness (QED) is 0.583. The van der Waals surface area contributed by atoms with E-state index in [4.69, 9.17) is 5.84 Å². The molecule has 0 radical (unpaired) electrons. The Morgan fingerprint density at radius 3 is 2.64 bits per heavy atom. The first-order chi connectivity index (χ1) is 6.63. The van der Waals surface area contributed by atoms with Crippen LogP contribution < -0.4 is 11.3 Å². The van der Waals surface area contributed by atoms with Crippen LogP contribution in [0, 0.1) is 12.8 Å². The molecule has 14 heavy (non-hydrogen) atoms. The Kier molecular flexibility index (Phi) is 4.51. The zero-order valence-corrected chi connectivity index (χ0v) is 9.90. The van der Waals surface area contributed by atoms with Gasteiger partial charge in [-0.05, 0) is 25.7 Å². The molecule has 0 aliphatic carbocycles. The molecule has 0 aliphatic rings. The number of hydrazine groups is 1. The van der Waals surface area contributed by atoms with Crippen LogP contribution in [0.4, 0.5) is 0 Å². The Morgan fingerprint density at radius 2 is 2.21 bits per heavy atom. The van der Waals surface area contributed by atoms with E-state index in [0.29, 0.717) is 5.92 Å². The van der Waals surface area contributed by atoms with Gasteiger partial charge in [0.05, 0.1) is 16.7 Å². The molecule has 1 aromatic heterocycles. The lowest BCUT2D eigenvalue weighted by molar-refractivity contribution is 0.442. The SMILES string of the molecule is Cc1nc(C(CCC(C)C)NN)cs1. The van der Waals surface area contributed by atoms with E-state index in [0.717, 1.165) is 17.1 Å². The minimum absolute atomic E-state index is 0.211. The van der Waals surface area contributed by atoms with Crippen LogP contribution in [-0.2, 0) is 0 Å². The van der Waals surface area contributed by atoms with Gasteiger partial charge in [0.2, 0.25) is 0 Å². The van der Waals surface area contributed by atoms with Crippen molar-refractivity contribution in [3.05, 3.63) is 16.1 Å². The first kappa shape index (κ1) is 11.6. The third kappa shape index (κ3) is 3.36. The predicted molar refractivity (Wildman–Crippen MR) is 61.0 cm³/mol. The van der Waals surface area contributed by atoms with Gasteiger partial charge in [0.25, 0.3) is 0 Å². The van der Waals surface area contributed by atoms with E-state index in [9.17, 15) is 0 Å². The summed E-state index contributed by atoms with van der Waals surface area (Å²) in [5.41, 5.74) is 3.91. The molecule has 3 N–H and O–H groups in total. The Bertz CT molecular complexity index is 270. The smallest absolute Gasteiger partial charge is 0.0898 e. The number of nitrogens with zero attached hydrogens (tertiary/aromatic N) is 1. The van der Waals surface area contributed by atoms with E-state index in [1.807, 2.05) is 6.92 Å². The van der Waals surface area contributed by atoms with Crippen LogP contribution in [0.2, 0.25) is 0 Å². The molecule has 1 atom stereocenters. The summed E-state index contributed by atoms with van der Waals surface area (Å²) in [6, 6.07) is 0.211. The van der Waals surface area contributed by atoms with Gasteiger partial charge in [-0.2, -0.15) is 0 Å². The molecule has 0 spiro atoms. The maximum atomic E-state index is 5.51. The maximum Gasteiger partial charge on any atom is 0.0898 e. The van der Waals surface area contributed by atoms with Gasteiger partial charge >= 0.3 is 0 Å². The van der Waals surface area contributed by atoms with Gasteiger partial charge in [0, 0.05) is 5.38 Å².